The molecule has 0 heterocycles. The molecule has 0 radical (unpaired) electrons. The van der Waals surface area contributed by atoms with E-state index in [0.29, 0.717) is 26.1 Å². The Morgan fingerprint density at radius 1 is 1.29 bits per heavy atom. The van der Waals surface area contributed by atoms with Crippen molar-refractivity contribution in [2.24, 2.45) is 11.1 Å². The highest BCUT2D eigenvalue weighted by Crippen LogP contribution is 2.23. The zero-order chi connectivity index (χ0) is 13.4. The fraction of sp³-hybridized carbons (Fsp3) is 1.00. The van der Waals surface area contributed by atoms with Crippen molar-refractivity contribution in [3.63, 3.8) is 0 Å². The first kappa shape index (κ1) is 16.8. The van der Waals surface area contributed by atoms with Gasteiger partial charge >= 0.3 is 0 Å². The lowest BCUT2D eigenvalue weighted by Crippen LogP contribution is -2.42. The van der Waals surface area contributed by atoms with E-state index < -0.39 is 10.0 Å². The molecule has 0 aliphatic carbocycles. The zero-order valence-electron chi connectivity index (χ0n) is 11.2. The van der Waals surface area contributed by atoms with Gasteiger partial charge in [0.15, 0.2) is 0 Å². The Hall–Kier alpha value is -0.170. The summed E-state index contributed by atoms with van der Waals surface area (Å²) in [5.41, 5.74) is 5.61. The third kappa shape index (κ3) is 6.35. The molecule has 0 rings (SSSR count). The van der Waals surface area contributed by atoms with Gasteiger partial charge in [-0.3, -0.25) is 0 Å². The van der Waals surface area contributed by atoms with Crippen LogP contribution >= 0.6 is 0 Å². The Balaban J connectivity index is 4.24. The second kappa shape index (κ2) is 8.02. The van der Waals surface area contributed by atoms with Gasteiger partial charge in [-0.05, 0) is 31.2 Å². The number of hydrogen-bond donors (Lipinski definition) is 2. The molecule has 0 bridgehead atoms. The number of nitrogens with two attached hydrogens (primary N) is 1. The maximum Gasteiger partial charge on any atom is 0.211 e. The van der Waals surface area contributed by atoms with E-state index in [1.165, 1.54) is 0 Å². The highest BCUT2D eigenvalue weighted by atomic mass is 32.2. The molecule has 0 saturated heterocycles. The molecule has 5 nitrogen and oxygen atoms in total. The van der Waals surface area contributed by atoms with E-state index in [1.54, 1.807) is 7.11 Å². The second-order valence-electron chi connectivity index (χ2n) is 4.40. The summed E-state index contributed by atoms with van der Waals surface area (Å²) in [6.45, 7) is 5.46. The smallest absolute Gasteiger partial charge is 0.211 e. The Morgan fingerprint density at radius 3 is 2.29 bits per heavy atom. The van der Waals surface area contributed by atoms with Gasteiger partial charge in [0.25, 0.3) is 0 Å². The molecule has 0 saturated carbocycles. The number of rotatable bonds is 10. The molecule has 3 N–H and O–H groups in total. The monoisotopic (exact) mass is 266 g/mol. The van der Waals surface area contributed by atoms with Crippen LogP contribution in [0.5, 0.6) is 0 Å². The topological polar surface area (TPSA) is 81.4 Å². The van der Waals surface area contributed by atoms with Crippen molar-refractivity contribution in [1.82, 2.24) is 4.72 Å². The van der Waals surface area contributed by atoms with Gasteiger partial charge in [-0.15, -0.1) is 0 Å². The van der Waals surface area contributed by atoms with Crippen LogP contribution in [0.4, 0.5) is 0 Å². The molecule has 0 unspecified atom stereocenters. The summed E-state index contributed by atoms with van der Waals surface area (Å²) in [6, 6.07) is 0. The molecule has 0 atom stereocenters. The minimum Gasteiger partial charge on any atom is -0.385 e. The lowest BCUT2D eigenvalue weighted by molar-refractivity contribution is 0.199. The molecule has 0 aromatic heterocycles. The summed E-state index contributed by atoms with van der Waals surface area (Å²) in [5.74, 6) is 0.106. The molecule has 104 valence electrons. The van der Waals surface area contributed by atoms with E-state index in [-0.39, 0.29) is 11.2 Å². The van der Waals surface area contributed by atoms with Crippen LogP contribution in [0, 0.1) is 5.41 Å². The summed E-state index contributed by atoms with van der Waals surface area (Å²) < 4.78 is 30.9. The Kier molecular flexibility index (Phi) is 7.94. The number of nitrogens with one attached hydrogen (secondary N) is 1. The summed E-state index contributed by atoms with van der Waals surface area (Å²) in [7, 11) is -1.64. The minimum atomic E-state index is -3.20. The highest BCUT2D eigenvalue weighted by Gasteiger charge is 2.26. The first-order valence-electron chi connectivity index (χ1n) is 6.11. The fourth-order valence-electron chi connectivity index (χ4n) is 1.59. The van der Waals surface area contributed by atoms with Gasteiger partial charge in [0.2, 0.25) is 10.0 Å². The first-order chi connectivity index (χ1) is 7.95. The number of sulfonamides is 1. The highest BCUT2D eigenvalue weighted by molar-refractivity contribution is 7.89. The van der Waals surface area contributed by atoms with Crippen molar-refractivity contribution in [2.75, 3.05) is 32.6 Å². The average Bonchev–Trinajstić information content (AvgIpc) is 2.32. The molecule has 17 heavy (non-hydrogen) atoms. The molecule has 0 amide bonds. The van der Waals surface area contributed by atoms with Gasteiger partial charge in [-0.25, -0.2) is 13.1 Å². The van der Waals surface area contributed by atoms with Crippen LogP contribution in [0.3, 0.4) is 0 Å². The molecule has 0 aliphatic heterocycles. The van der Waals surface area contributed by atoms with E-state index in [9.17, 15) is 8.42 Å². The minimum absolute atomic E-state index is 0.106. The molecule has 0 aliphatic rings. The lowest BCUT2D eigenvalue weighted by atomic mass is 9.83. The quantitative estimate of drug-likeness (QED) is 0.571. The number of methoxy groups -OCH3 is 1. The molecule has 0 aromatic rings. The third-order valence-corrected chi connectivity index (χ3v) is 4.77. The van der Waals surface area contributed by atoms with Crippen molar-refractivity contribution in [1.29, 1.82) is 0 Å². The predicted octanol–water partition coefficient (Wildman–Crippen LogP) is 0.707. The predicted molar refractivity (Wildman–Crippen MR) is 70.4 cm³/mol. The largest absolute Gasteiger partial charge is 0.385 e. The number of ether oxygens (including phenoxy) is 1. The average molecular weight is 266 g/mol. The third-order valence-electron chi connectivity index (χ3n) is 3.36. The summed E-state index contributed by atoms with van der Waals surface area (Å²) in [4.78, 5) is 0. The van der Waals surface area contributed by atoms with Gasteiger partial charge in [-0.1, -0.05) is 13.8 Å². The van der Waals surface area contributed by atoms with E-state index in [4.69, 9.17) is 10.5 Å². The normalized spacial score (nSPS) is 12.9. The molecule has 6 heteroatoms. The van der Waals surface area contributed by atoms with Gasteiger partial charge < -0.3 is 10.5 Å². The Morgan fingerprint density at radius 2 is 1.88 bits per heavy atom. The van der Waals surface area contributed by atoms with Crippen LogP contribution in [0.15, 0.2) is 0 Å². The van der Waals surface area contributed by atoms with Crippen LogP contribution in [-0.4, -0.2) is 41.0 Å². The van der Waals surface area contributed by atoms with E-state index in [2.05, 4.69) is 4.72 Å². The molecular weight excluding hydrogens is 240 g/mol. The molecule has 0 spiro atoms. The standard InChI is InChI=1S/C11H26N2O3S/c1-4-11(5-2,9-12)10-13-17(14,15)8-6-7-16-3/h13H,4-10,12H2,1-3H3. The maximum absolute atomic E-state index is 11.7. The zero-order valence-corrected chi connectivity index (χ0v) is 12.0. The molecule has 0 aromatic carbocycles. The fourth-order valence-corrected chi connectivity index (χ4v) is 2.76. The van der Waals surface area contributed by atoms with Crippen molar-refractivity contribution in [3.05, 3.63) is 0 Å². The van der Waals surface area contributed by atoms with Crippen molar-refractivity contribution >= 4 is 10.0 Å². The Labute approximate surface area is 105 Å². The first-order valence-corrected chi connectivity index (χ1v) is 7.77. The van der Waals surface area contributed by atoms with E-state index in [1.807, 2.05) is 13.8 Å². The van der Waals surface area contributed by atoms with Crippen LogP contribution in [0.25, 0.3) is 0 Å². The van der Waals surface area contributed by atoms with Gasteiger partial charge in [0.05, 0.1) is 5.75 Å². The maximum atomic E-state index is 11.7. The SMILES string of the molecule is CCC(CC)(CN)CNS(=O)(=O)CCCOC. The van der Waals surface area contributed by atoms with Crippen LogP contribution in [0.1, 0.15) is 33.1 Å². The van der Waals surface area contributed by atoms with Crippen LogP contribution in [-0.2, 0) is 14.8 Å². The second-order valence-corrected chi connectivity index (χ2v) is 6.32. The summed E-state index contributed by atoms with van der Waals surface area (Å²) in [6.07, 6.45) is 2.26. The number of hydrogen-bond acceptors (Lipinski definition) is 4. The van der Waals surface area contributed by atoms with Crippen LogP contribution < -0.4 is 10.5 Å². The van der Waals surface area contributed by atoms with Crippen molar-refractivity contribution < 1.29 is 13.2 Å². The van der Waals surface area contributed by atoms with Gasteiger partial charge in [0, 0.05) is 20.3 Å². The summed E-state index contributed by atoms with van der Waals surface area (Å²) >= 11 is 0. The van der Waals surface area contributed by atoms with Crippen LogP contribution in [0.2, 0.25) is 0 Å². The summed E-state index contributed by atoms with van der Waals surface area (Å²) in [5, 5.41) is 0. The molecular formula is C11H26N2O3S. The van der Waals surface area contributed by atoms with E-state index >= 15 is 0 Å². The van der Waals surface area contributed by atoms with Gasteiger partial charge in [0.1, 0.15) is 0 Å². The van der Waals surface area contributed by atoms with Crippen molar-refractivity contribution in [2.45, 2.75) is 33.1 Å². The van der Waals surface area contributed by atoms with E-state index in [0.717, 1.165) is 12.8 Å². The Bertz CT molecular complexity index is 279. The molecule has 0 fully saturated rings. The lowest BCUT2D eigenvalue weighted by Gasteiger charge is -2.30. The van der Waals surface area contributed by atoms with Crippen molar-refractivity contribution in [3.8, 4) is 0 Å². The van der Waals surface area contributed by atoms with Gasteiger partial charge in [-0.2, -0.15) is 0 Å².